The smallest absolute Gasteiger partial charge is 0.314 e. The van der Waals surface area contributed by atoms with E-state index in [9.17, 15) is 14.4 Å². The molecule has 2 aromatic carbocycles. The fourth-order valence-corrected chi connectivity index (χ4v) is 3.24. The van der Waals surface area contributed by atoms with Gasteiger partial charge in [0, 0.05) is 42.8 Å². The molecule has 1 heterocycles. The third kappa shape index (κ3) is 5.81. The molecule has 1 aliphatic rings. The number of anilines is 4. The summed E-state index contributed by atoms with van der Waals surface area (Å²) >= 11 is 0. The summed E-state index contributed by atoms with van der Waals surface area (Å²) in [6, 6.07) is 14.1. The normalized spacial score (nSPS) is 14.2. The minimum atomic E-state index is -0.758. The van der Waals surface area contributed by atoms with Crippen LogP contribution in [0.3, 0.4) is 0 Å². The van der Waals surface area contributed by atoms with Crippen molar-refractivity contribution in [3.8, 4) is 0 Å². The molecular weight excluding hydrogens is 368 g/mol. The van der Waals surface area contributed by atoms with Gasteiger partial charge in [-0.1, -0.05) is 6.92 Å². The van der Waals surface area contributed by atoms with Crippen molar-refractivity contribution in [2.45, 2.75) is 26.7 Å². The summed E-state index contributed by atoms with van der Waals surface area (Å²) in [5.41, 5.74) is 2.77. The van der Waals surface area contributed by atoms with E-state index in [0.717, 1.165) is 24.7 Å². The van der Waals surface area contributed by atoms with Gasteiger partial charge in [0.2, 0.25) is 5.91 Å². The van der Waals surface area contributed by atoms with Gasteiger partial charge in [-0.3, -0.25) is 14.4 Å². The fourth-order valence-electron chi connectivity index (χ4n) is 3.24. The number of piperidine rings is 1. The van der Waals surface area contributed by atoms with Gasteiger partial charge in [-0.15, -0.1) is 0 Å². The molecule has 1 fully saturated rings. The lowest BCUT2D eigenvalue weighted by Crippen LogP contribution is -2.32. The van der Waals surface area contributed by atoms with Crippen molar-refractivity contribution in [3.63, 3.8) is 0 Å². The van der Waals surface area contributed by atoms with Crippen LogP contribution in [0, 0.1) is 5.92 Å². The van der Waals surface area contributed by atoms with E-state index >= 15 is 0 Å². The highest BCUT2D eigenvalue weighted by Gasteiger charge is 2.17. The van der Waals surface area contributed by atoms with Crippen molar-refractivity contribution in [1.29, 1.82) is 0 Å². The van der Waals surface area contributed by atoms with Crippen molar-refractivity contribution in [1.82, 2.24) is 0 Å². The van der Waals surface area contributed by atoms with Crippen LogP contribution in [-0.4, -0.2) is 30.8 Å². The molecule has 0 unspecified atom stereocenters. The highest BCUT2D eigenvalue weighted by molar-refractivity contribution is 6.43. The van der Waals surface area contributed by atoms with Gasteiger partial charge >= 0.3 is 11.8 Å². The Balaban J connectivity index is 1.52. The van der Waals surface area contributed by atoms with E-state index in [-0.39, 0.29) is 5.91 Å². The molecule has 152 valence electrons. The zero-order chi connectivity index (χ0) is 20.8. The van der Waals surface area contributed by atoms with E-state index in [1.165, 1.54) is 19.8 Å². The lowest BCUT2D eigenvalue weighted by Gasteiger charge is -2.32. The molecular formula is C22H26N4O3. The molecule has 3 amide bonds. The van der Waals surface area contributed by atoms with Crippen LogP contribution in [0.4, 0.5) is 22.7 Å². The van der Waals surface area contributed by atoms with Gasteiger partial charge in [-0.05, 0) is 67.3 Å². The largest absolute Gasteiger partial charge is 0.372 e. The first-order valence-corrected chi connectivity index (χ1v) is 9.76. The number of amides is 3. The van der Waals surface area contributed by atoms with E-state index in [1.807, 2.05) is 12.1 Å². The molecule has 0 atom stereocenters. The highest BCUT2D eigenvalue weighted by Crippen LogP contribution is 2.24. The summed E-state index contributed by atoms with van der Waals surface area (Å²) in [5.74, 6) is -0.909. The summed E-state index contributed by atoms with van der Waals surface area (Å²) < 4.78 is 0. The zero-order valence-electron chi connectivity index (χ0n) is 16.7. The number of nitrogens with one attached hydrogen (secondary N) is 3. The van der Waals surface area contributed by atoms with Crippen LogP contribution >= 0.6 is 0 Å². The number of hydrogen-bond acceptors (Lipinski definition) is 4. The van der Waals surface area contributed by atoms with Crippen LogP contribution in [0.5, 0.6) is 0 Å². The summed E-state index contributed by atoms with van der Waals surface area (Å²) in [4.78, 5) is 37.6. The second-order valence-corrected chi connectivity index (χ2v) is 7.38. The zero-order valence-corrected chi connectivity index (χ0v) is 16.7. The molecule has 0 saturated carbocycles. The Morgan fingerprint density at radius 3 is 1.62 bits per heavy atom. The maximum atomic E-state index is 12.2. The van der Waals surface area contributed by atoms with Crippen molar-refractivity contribution < 1.29 is 14.4 Å². The van der Waals surface area contributed by atoms with Gasteiger partial charge in [0.25, 0.3) is 0 Å². The Hall–Kier alpha value is -3.35. The van der Waals surface area contributed by atoms with Gasteiger partial charge in [0.15, 0.2) is 0 Å². The lowest BCUT2D eigenvalue weighted by molar-refractivity contribution is -0.132. The van der Waals surface area contributed by atoms with Gasteiger partial charge in [-0.25, -0.2) is 0 Å². The summed E-state index contributed by atoms with van der Waals surface area (Å²) in [7, 11) is 0. The molecule has 0 spiro atoms. The van der Waals surface area contributed by atoms with Crippen molar-refractivity contribution >= 4 is 40.5 Å². The number of hydrogen-bond donors (Lipinski definition) is 3. The molecule has 1 saturated heterocycles. The standard InChI is InChI=1S/C22H26N4O3/c1-15-11-13-26(14-12-15)20-9-7-19(8-10-20)25-22(29)21(28)24-18-5-3-17(4-6-18)23-16(2)27/h3-10,15H,11-14H2,1-2H3,(H,23,27)(H,24,28)(H,25,29). The number of carbonyl (C=O) groups excluding carboxylic acids is 3. The predicted molar refractivity (Wildman–Crippen MR) is 115 cm³/mol. The quantitative estimate of drug-likeness (QED) is 0.693. The van der Waals surface area contributed by atoms with Crippen molar-refractivity contribution in [2.24, 2.45) is 5.92 Å². The van der Waals surface area contributed by atoms with Crippen molar-refractivity contribution in [2.75, 3.05) is 33.9 Å². The molecule has 0 radical (unpaired) electrons. The fraction of sp³-hybridized carbons (Fsp3) is 0.318. The molecule has 0 aliphatic carbocycles. The Kier molecular flexibility index (Phi) is 6.49. The molecule has 0 bridgehead atoms. The second kappa shape index (κ2) is 9.23. The predicted octanol–water partition coefficient (Wildman–Crippen LogP) is 3.46. The third-order valence-corrected chi connectivity index (χ3v) is 4.94. The number of rotatable bonds is 4. The van der Waals surface area contributed by atoms with E-state index in [0.29, 0.717) is 17.1 Å². The van der Waals surface area contributed by atoms with Gasteiger partial charge in [-0.2, -0.15) is 0 Å². The molecule has 3 N–H and O–H groups in total. The molecule has 0 aromatic heterocycles. The van der Waals surface area contributed by atoms with Crippen LogP contribution in [0.25, 0.3) is 0 Å². The molecule has 7 nitrogen and oxygen atoms in total. The van der Waals surface area contributed by atoms with Crippen LogP contribution < -0.4 is 20.9 Å². The average Bonchev–Trinajstić information content (AvgIpc) is 2.70. The molecule has 29 heavy (non-hydrogen) atoms. The Morgan fingerprint density at radius 2 is 1.17 bits per heavy atom. The van der Waals surface area contributed by atoms with Crippen LogP contribution in [0.1, 0.15) is 26.7 Å². The second-order valence-electron chi connectivity index (χ2n) is 7.38. The van der Waals surface area contributed by atoms with Gasteiger partial charge < -0.3 is 20.9 Å². The van der Waals surface area contributed by atoms with Gasteiger partial charge in [0.1, 0.15) is 0 Å². The Bertz CT molecular complexity index is 870. The topological polar surface area (TPSA) is 90.5 Å². The lowest BCUT2D eigenvalue weighted by atomic mass is 9.99. The summed E-state index contributed by atoms with van der Waals surface area (Å²) in [5, 5.41) is 7.78. The van der Waals surface area contributed by atoms with Gasteiger partial charge in [0.05, 0.1) is 0 Å². The minimum Gasteiger partial charge on any atom is -0.372 e. The monoisotopic (exact) mass is 394 g/mol. The first kappa shape index (κ1) is 20.4. The maximum Gasteiger partial charge on any atom is 0.314 e. The SMILES string of the molecule is CC(=O)Nc1ccc(NC(=O)C(=O)Nc2ccc(N3CCC(C)CC3)cc2)cc1. The highest BCUT2D eigenvalue weighted by atomic mass is 16.2. The van der Waals surface area contributed by atoms with E-state index in [4.69, 9.17) is 0 Å². The molecule has 3 rings (SSSR count). The van der Waals surface area contributed by atoms with Crippen LogP contribution in [0.15, 0.2) is 48.5 Å². The number of nitrogens with zero attached hydrogens (tertiary/aromatic N) is 1. The maximum absolute atomic E-state index is 12.2. The summed E-state index contributed by atoms with van der Waals surface area (Å²) in [6.45, 7) is 5.77. The minimum absolute atomic E-state index is 0.179. The first-order chi connectivity index (χ1) is 13.9. The van der Waals surface area contributed by atoms with E-state index < -0.39 is 11.8 Å². The van der Waals surface area contributed by atoms with Crippen molar-refractivity contribution in [3.05, 3.63) is 48.5 Å². The number of benzene rings is 2. The van der Waals surface area contributed by atoms with E-state index in [2.05, 4.69) is 27.8 Å². The molecule has 7 heteroatoms. The third-order valence-electron chi connectivity index (χ3n) is 4.94. The van der Waals surface area contributed by atoms with Crippen LogP contribution in [0.2, 0.25) is 0 Å². The molecule has 2 aromatic rings. The first-order valence-electron chi connectivity index (χ1n) is 9.76. The van der Waals surface area contributed by atoms with Crippen LogP contribution in [-0.2, 0) is 14.4 Å². The summed E-state index contributed by atoms with van der Waals surface area (Å²) in [6.07, 6.45) is 2.37. The Labute approximate surface area is 170 Å². The molecule has 1 aliphatic heterocycles. The number of carbonyl (C=O) groups is 3. The van der Waals surface area contributed by atoms with E-state index in [1.54, 1.807) is 36.4 Å². The average molecular weight is 394 g/mol. The Morgan fingerprint density at radius 1 is 0.759 bits per heavy atom.